The van der Waals surface area contributed by atoms with Gasteiger partial charge in [0.25, 0.3) is 5.91 Å². The van der Waals surface area contributed by atoms with Crippen molar-refractivity contribution in [3.05, 3.63) is 0 Å². The molecule has 0 radical (unpaired) electrons. The Morgan fingerprint density at radius 3 is 2.73 bits per heavy atom. The summed E-state index contributed by atoms with van der Waals surface area (Å²) in [7, 11) is 0. The van der Waals surface area contributed by atoms with Gasteiger partial charge in [0.05, 0.1) is 5.71 Å². The number of nitrogens with two attached hydrogens (primary N) is 2. The van der Waals surface area contributed by atoms with Crippen molar-refractivity contribution in [3.63, 3.8) is 0 Å². The molecule has 1 unspecified atom stereocenters. The molecule has 0 spiro atoms. The molecule has 0 aromatic carbocycles. The number of alkyl halides is 1. The lowest BCUT2D eigenvalue weighted by Gasteiger charge is -2.11. The quantitative estimate of drug-likeness (QED) is 0.554. The molecule has 0 fully saturated rings. The third-order valence-corrected chi connectivity index (χ3v) is 2.12. The van der Waals surface area contributed by atoms with E-state index in [2.05, 4.69) is 25.9 Å². The van der Waals surface area contributed by atoms with E-state index in [0.717, 1.165) is 0 Å². The molecule has 0 bridgehead atoms. The van der Waals surface area contributed by atoms with E-state index in [1.807, 2.05) is 0 Å². The summed E-state index contributed by atoms with van der Waals surface area (Å²) in [5.41, 5.74) is 11.0. The van der Waals surface area contributed by atoms with Crippen molar-refractivity contribution in [1.82, 2.24) is 0 Å². The molecular weight excluding hydrogens is 212 g/mol. The van der Waals surface area contributed by atoms with Crippen LogP contribution in [-0.2, 0) is 4.79 Å². The molecule has 1 heterocycles. The van der Waals surface area contributed by atoms with Crippen LogP contribution in [0.4, 0.5) is 0 Å². The molecule has 4 N–H and O–H groups in total. The fraction of sp³-hybridized carbons (Fsp3) is 0.400. The number of carbonyl (C=O) groups is 1. The van der Waals surface area contributed by atoms with Gasteiger partial charge in [-0.15, -0.1) is 0 Å². The Morgan fingerprint density at radius 1 is 1.55 bits per heavy atom. The average Bonchev–Trinajstić information content (AvgIpc) is 1.96. The Labute approximate surface area is 71.7 Å². The Hall–Kier alpha value is -0.750. The summed E-state index contributed by atoms with van der Waals surface area (Å²) in [6.45, 7) is 0.206. The van der Waals surface area contributed by atoms with E-state index in [4.69, 9.17) is 11.5 Å². The van der Waals surface area contributed by atoms with Gasteiger partial charge in [0.1, 0.15) is 4.83 Å². The lowest BCUT2D eigenvalue weighted by molar-refractivity contribution is -0.116. The van der Waals surface area contributed by atoms with Crippen molar-refractivity contribution in [2.45, 2.75) is 4.83 Å². The summed E-state index contributed by atoms with van der Waals surface area (Å²) in [6.07, 6.45) is 0. The van der Waals surface area contributed by atoms with Crippen LogP contribution >= 0.6 is 15.9 Å². The summed E-state index contributed by atoms with van der Waals surface area (Å²) in [4.78, 5) is 17.6. The fourth-order valence-electron chi connectivity index (χ4n) is 0.690. The fourth-order valence-corrected chi connectivity index (χ4v) is 1.08. The van der Waals surface area contributed by atoms with Crippen LogP contribution in [-0.4, -0.2) is 29.0 Å². The number of hydrogen-bond donors (Lipinski definition) is 2. The Balaban J connectivity index is 2.93. The minimum atomic E-state index is -0.500. The first-order chi connectivity index (χ1) is 5.15. The maximum absolute atomic E-state index is 10.9. The molecule has 0 aromatic heterocycles. The van der Waals surface area contributed by atoms with Gasteiger partial charge in [-0.2, -0.15) is 4.99 Å². The van der Waals surface area contributed by atoms with Crippen LogP contribution in [0.15, 0.2) is 9.98 Å². The number of guanidine groups is 1. The highest BCUT2D eigenvalue weighted by Gasteiger charge is 2.23. The van der Waals surface area contributed by atoms with Crippen molar-refractivity contribution < 1.29 is 4.79 Å². The van der Waals surface area contributed by atoms with E-state index in [-0.39, 0.29) is 18.4 Å². The van der Waals surface area contributed by atoms with Gasteiger partial charge in [0.15, 0.2) is 0 Å². The van der Waals surface area contributed by atoms with Crippen LogP contribution in [0, 0.1) is 0 Å². The van der Waals surface area contributed by atoms with E-state index in [0.29, 0.717) is 5.71 Å². The van der Waals surface area contributed by atoms with Crippen molar-refractivity contribution >= 4 is 33.5 Å². The van der Waals surface area contributed by atoms with Crippen LogP contribution in [0.25, 0.3) is 0 Å². The molecule has 0 aromatic rings. The van der Waals surface area contributed by atoms with Crippen LogP contribution in [0.3, 0.4) is 0 Å². The molecular formula is C5H7BrN4O. The second-order valence-corrected chi connectivity index (χ2v) is 2.89. The number of rotatable bonds is 1. The minimum Gasteiger partial charge on any atom is -0.368 e. The zero-order valence-corrected chi connectivity index (χ0v) is 7.21. The molecule has 1 atom stereocenters. The van der Waals surface area contributed by atoms with Gasteiger partial charge >= 0.3 is 0 Å². The van der Waals surface area contributed by atoms with Gasteiger partial charge in [-0.05, 0) is 0 Å². The lowest BCUT2D eigenvalue weighted by Crippen LogP contribution is -2.35. The largest absolute Gasteiger partial charge is 0.368 e. The molecule has 1 rings (SSSR count). The molecule has 60 valence electrons. The zero-order valence-electron chi connectivity index (χ0n) is 5.62. The monoisotopic (exact) mass is 218 g/mol. The molecule has 11 heavy (non-hydrogen) atoms. The normalized spacial score (nSPS) is 24.5. The smallest absolute Gasteiger partial charge is 0.268 e. The average molecular weight is 219 g/mol. The second-order valence-electron chi connectivity index (χ2n) is 1.98. The number of carbonyl (C=O) groups excluding carboxylic acids is 1. The Kier molecular flexibility index (Phi) is 2.35. The van der Waals surface area contributed by atoms with E-state index in [1.165, 1.54) is 0 Å². The third kappa shape index (κ3) is 1.63. The van der Waals surface area contributed by atoms with E-state index >= 15 is 0 Å². The molecule has 6 heteroatoms. The minimum absolute atomic E-state index is 0.0221. The van der Waals surface area contributed by atoms with E-state index in [1.54, 1.807) is 0 Å². The summed E-state index contributed by atoms with van der Waals surface area (Å²) in [6, 6.07) is 0. The summed E-state index contributed by atoms with van der Waals surface area (Å²) in [5, 5.41) is 0. The molecule has 1 aliphatic rings. The van der Waals surface area contributed by atoms with Crippen molar-refractivity contribution in [2.24, 2.45) is 21.5 Å². The Morgan fingerprint density at radius 2 is 2.18 bits per heavy atom. The topological polar surface area (TPSA) is 93.8 Å². The number of aliphatic imine (C=N–C) groups is 2. The van der Waals surface area contributed by atoms with Crippen LogP contribution in [0.2, 0.25) is 0 Å². The second kappa shape index (κ2) is 3.10. The molecule has 1 amide bonds. The molecule has 0 aliphatic carbocycles. The number of hydrogen-bond acceptors (Lipinski definition) is 4. The first-order valence-corrected chi connectivity index (χ1v) is 3.86. The first kappa shape index (κ1) is 8.35. The van der Waals surface area contributed by atoms with E-state index < -0.39 is 4.83 Å². The van der Waals surface area contributed by atoms with E-state index in [9.17, 15) is 4.79 Å². The van der Waals surface area contributed by atoms with Crippen molar-refractivity contribution in [1.29, 1.82) is 0 Å². The SMILES string of the molecule is NCC1=NC(N)=NC(=O)C1Br. The number of amides is 1. The number of halogens is 1. The van der Waals surface area contributed by atoms with Crippen molar-refractivity contribution in [2.75, 3.05) is 6.54 Å². The predicted octanol–water partition coefficient (Wildman–Crippen LogP) is -0.995. The van der Waals surface area contributed by atoms with Gasteiger partial charge in [-0.3, -0.25) is 4.79 Å². The van der Waals surface area contributed by atoms with Gasteiger partial charge in [-0.25, -0.2) is 4.99 Å². The summed E-state index contributed by atoms with van der Waals surface area (Å²) >= 11 is 3.08. The predicted molar refractivity (Wildman–Crippen MR) is 45.8 cm³/mol. The van der Waals surface area contributed by atoms with Gasteiger partial charge < -0.3 is 11.5 Å². The lowest BCUT2D eigenvalue weighted by atomic mass is 10.2. The van der Waals surface area contributed by atoms with Gasteiger partial charge in [-0.1, -0.05) is 15.9 Å². The summed E-state index contributed by atoms with van der Waals surface area (Å²) in [5.74, 6) is -0.371. The van der Waals surface area contributed by atoms with Crippen LogP contribution in [0.1, 0.15) is 0 Å². The van der Waals surface area contributed by atoms with Crippen LogP contribution in [0.5, 0.6) is 0 Å². The maximum Gasteiger partial charge on any atom is 0.268 e. The molecule has 1 aliphatic heterocycles. The standard InChI is InChI=1S/C5H7BrN4O/c6-3-2(1-7)9-5(8)10-4(3)11/h3H,1,7H2,(H2,8,10,11). The third-order valence-electron chi connectivity index (χ3n) is 1.20. The van der Waals surface area contributed by atoms with Crippen molar-refractivity contribution in [3.8, 4) is 0 Å². The number of nitrogens with zero attached hydrogens (tertiary/aromatic N) is 2. The molecule has 0 saturated heterocycles. The maximum atomic E-state index is 10.9. The highest BCUT2D eigenvalue weighted by atomic mass is 79.9. The van der Waals surface area contributed by atoms with Gasteiger partial charge in [0.2, 0.25) is 5.96 Å². The molecule has 0 saturated carbocycles. The van der Waals surface area contributed by atoms with Gasteiger partial charge in [0, 0.05) is 6.54 Å². The summed E-state index contributed by atoms with van der Waals surface area (Å²) < 4.78 is 0. The highest BCUT2D eigenvalue weighted by Crippen LogP contribution is 2.08. The zero-order chi connectivity index (χ0) is 8.43. The molecule has 5 nitrogen and oxygen atoms in total. The Bertz CT molecular complexity index is 247. The first-order valence-electron chi connectivity index (χ1n) is 2.94. The van der Waals surface area contributed by atoms with Crippen LogP contribution < -0.4 is 11.5 Å². The highest BCUT2D eigenvalue weighted by molar-refractivity contribution is 9.10.